The van der Waals surface area contributed by atoms with E-state index in [1.807, 2.05) is 12.1 Å². The number of hydrogen-bond donors (Lipinski definition) is 2. The van der Waals surface area contributed by atoms with E-state index in [-0.39, 0.29) is 16.8 Å². The first-order valence-corrected chi connectivity index (χ1v) is 10.3. The summed E-state index contributed by atoms with van der Waals surface area (Å²) in [5.41, 5.74) is 2.62. The third-order valence-corrected chi connectivity index (χ3v) is 5.75. The molecule has 0 aliphatic rings. The Hall–Kier alpha value is -1.81. The highest BCUT2D eigenvalue weighted by molar-refractivity contribution is 7.88. The maximum absolute atomic E-state index is 11.9. The molecule has 2 aromatic rings. The van der Waals surface area contributed by atoms with Crippen molar-refractivity contribution in [2.24, 2.45) is 0 Å². The lowest BCUT2D eigenvalue weighted by Crippen LogP contribution is -2.31. The van der Waals surface area contributed by atoms with Gasteiger partial charge < -0.3 is 5.32 Å². The number of nitro groups is 1. The van der Waals surface area contributed by atoms with Gasteiger partial charge in [0.15, 0.2) is 0 Å². The lowest BCUT2D eigenvalue weighted by molar-refractivity contribution is -0.380. The molecule has 0 unspecified atom stereocenters. The third-order valence-electron chi connectivity index (χ3n) is 3.27. The van der Waals surface area contributed by atoms with Gasteiger partial charge >= 0.3 is 5.00 Å². The molecule has 0 aliphatic heterocycles. The van der Waals surface area contributed by atoms with Crippen molar-refractivity contribution in [1.29, 1.82) is 0 Å². The van der Waals surface area contributed by atoms with Gasteiger partial charge in [0.25, 0.3) is 0 Å². The zero-order valence-corrected chi connectivity index (χ0v) is 15.7. The van der Waals surface area contributed by atoms with Crippen LogP contribution in [0, 0.1) is 10.1 Å². The predicted molar refractivity (Wildman–Crippen MR) is 98.9 cm³/mol. The van der Waals surface area contributed by atoms with E-state index in [4.69, 9.17) is 0 Å². The van der Waals surface area contributed by atoms with Crippen molar-refractivity contribution in [3.8, 4) is 0 Å². The molecule has 9 heteroatoms. The van der Waals surface area contributed by atoms with Crippen molar-refractivity contribution in [2.45, 2.75) is 38.7 Å². The smallest absolute Gasteiger partial charge is 0.309 e. The molecule has 136 valence electrons. The molecular weight excluding hydrogens is 362 g/mol. The Morgan fingerprint density at radius 1 is 1.12 bits per heavy atom. The van der Waals surface area contributed by atoms with Crippen LogP contribution in [0.5, 0.6) is 0 Å². The van der Waals surface area contributed by atoms with Crippen LogP contribution in [0.15, 0.2) is 35.7 Å². The molecule has 2 N–H and O–H groups in total. The summed E-state index contributed by atoms with van der Waals surface area (Å²) in [6.45, 7) is 4.71. The molecule has 0 aliphatic carbocycles. The normalized spacial score (nSPS) is 11.8. The summed E-state index contributed by atoms with van der Waals surface area (Å²) in [7, 11) is -3.32. The molecule has 0 saturated heterocycles. The van der Waals surface area contributed by atoms with E-state index < -0.39 is 14.9 Å². The lowest BCUT2D eigenvalue weighted by Gasteiger charge is -2.10. The molecule has 1 aromatic carbocycles. The van der Waals surface area contributed by atoms with Crippen LogP contribution in [0.3, 0.4) is 0 Å². The van der Waals surface area contributed by atoms with Crippen LogP contribution in [-0.4, -0.2) is 19.4 Å². The average Bonchev–Trinajstić information content (AvgIpc) is 2.96. The van der Waals surface area contributed by atoms with Crippen LogP contribution in [0.25, 0.3) is 0 Å². The first-order valence-electron chi connectivity index (χ1n) is 7.75. The summed E-state index contributed by atoms with van der Waals surface area (Å²) in [5, 5.41) is 15.8. The lowest BCUT2D eigenvalue weighted by atomic mass is 10.1. The van der Waals surface area contributed by atoms with Crippen LogP contribution in [0.2, 0.25) is 0 Å². The molecule has 0 bridgehead atoms. The van der Waals surface area contributed by atoms with Crippen molar-refractivity contribution in [3.05, 3.63) is 62.5 Å². The topological polar surface area (TPSA) is 101 Å². The van der Waals surface area contributed by atoms with E-state index in [9.17, 15) is 18.5 Å². The monoisotopic (exact) mass is 383 g/mol. The zero-order valence-electron chi connectivity index (χ0n) is 14.1. The average molecular weight is 383 g/mol. The van der Waals surface area contributed by atoms with Gasteiger partial charge in [0.1, 0.15) is 0 Å². The minimum atomic E-state index is -3.32. The Labute approximate surface area is 151 Å². The fourth-order valence-electron chi connectivity index (χ4n) is 2.28. The molecule has 0 spiro atoms. The Morgan fingerprint density at radius 2 is 1.72 bits per heavy atom. The summed E-state index contributed by atoms with van der Waals surface area (Å²) >= 11 is 1.11. The summed E-state index contributed by atoms with van der Waals surface area (Å²) in [6, 6.07) is 8.79. The summed E-state index contributed by atoms with van der Waals surface area (Å²) in [6.07, 6.45) is 0. The van der Waals surface area contributed by atoms with Gasteiger partial charge in [-0.15, -0.1) is 0 Å². The molecule has 0 fully saturated rings. The van der Waals surface area contributed by atoms with Gasteiger partial charge in [-0.05, 0) is 30.5 Å². The zero-order chi connectivity index (χ0) is 18.4. The molecule has 25 heavy (non-hydrogen) atoms. The van der Waals surface area contributed by atoms with Gasteiger partial charge in [0, 0.05) is 30.6 Å². The van der Waals surface area contributed by atoms with E-state index in [0.717, 1.165) is 28.0 Å². The van der Waals surface area contributed by atoms with Crippen molar-refractivity contribution in [1.82, 2.24) is 10.0 Å². The standard InChI is InChI=1S/C16H21N3O4S2/c1-12(2)18-25(22,23)11-14-5-3-13(4-6-14)8-17-9-15-7-16(19(20)21)24-10-15/h3-7,10,12,17-18H,8-9,11H2,1-2H3. The minimum Gasteiger partial charge on any atom is -0.309 e. The first-order chi connectivity index (χ1) is 11.7. The van der Waals surface area contributed by atoms with Crippen LogP contribution in [0.4, 0.5) is 5.00 Å². The van der Waals surface area contributed by atoms with Gasteiger partial charge in [-0.1, -0.05) is 35.6 Å². The first kappa shape index (κ1) is 19.5. The van der Waals surface area contributed by atoms with Gasteiger partial charge in [0.05, 0.1) is 10.7 Å². The number of benzene rings is 1. The molecule has 7 nitrogen and oxygen atoms in total. The second-order valence-corrected chi connectivity index (χ2v) is 8.65. The van der Waals surface area contributed by atoms with Crippen LogP contribution in [-0.2, 0) is 28.9 Å². The molecule has 0 atom stereocenters. The van der Waals surface area contributed by atoms with Crippen molar-refractivity contribution < 1.29 is 13.3 Å². The number of sulfonamides is 1. The quantitative estimate of drug-likeness (QED) is 0.512. The Kier molecular flexibility index (Phi) is 6.65. The second-order valence-electron chi connectivity index (χ2n) is 6.00. The van der Waals surface area contributed by atoms with Gasteiger partial charge in [0.2, 0.25) is 10.0 Å². The fourth-order valence-corrected chi connectivity index (χ4v) is 4.44. The largest absolute Gasteiger partial charge is 0.324 e. The highest BCUT2D eigenvalue weighted by Gasteiger charge is 2.13. The maximum atomic E-state index is 11.9. The molecule has 1 aromatic heterocycles. The highest BCUT2D eigenvalue weighted by Crippen LogP contribution is 2.22. The fraction of sp³-hybridized carbons (Fsp3) is 0.375. The summed E-state index contributed by atoms with van der Waals surface area (Å²) in [5.74, 6) is -0.0442. The summed E-state index contributed by atoms with van der Waals surface area (Å²) < 4.78 is 26.4. The van der Waals surface area contributed by atoms with Crippen LogP contribution < -0.4 is 10.0 Å². The van der Waals surface area contributed by atoms with Gasteiger partial charge in [-0.25, -0.2) is 13.1 Å². The van der Waals surface area contributed by atoms with Gasteiger partial charge in [-0.2, -0.15) is 0 Å². The van der Waals surface area contributed by atoms with E-state index >= 15 is 0 Å². The molecular formula is C16H21N3O4S2. The van der Waals surface area contributed by atoms with Crippen molar-refractivity contribution >= 4 is 26.4 Å². The SMILES string of the molecule is CC(C)NS(=O)(=O)Cc1ccc(CNCc2csc([N+](=O)[O-])c2)cc1. The van der Waals surface area contributed by atoms with Crippen molar-refractivity contribution in [2.75, 3.05) is 0 Å². The minimum absolute atomic E-state index is 0.0442. The van der Waals surface area contributed by atoms with E-state index in [2.05, 4.69) is 10.0 Å². The maximum Gasteiger partial charge on any atom is 0.324 e. The molecule has 0 radical (unpaired) electrons. The predicted octanol–water partition coefficient (Wildman–Crippen LogP) is 2.77. The number of rotatable bonds is 9. The molecule has 1 heterocycles. The summed E-state index contributed by atoms with van der Waals surface area (Å²) in [4.78, 5) is 10.3. The van der Waals surface area contributed by atoms with E-state index in [0.29, 0.717) is 13.1 Å². The number of hydrogen-bond acceptors (Lipinski definition) is 6. The van der Waals surface area contributed by atoms with E-state index in [1.54, 1.807) is 37.4 Å². The number of thiophene rings is 1. The highest BCUT2D eigenvalue weighted by atomic mass is 32.2. The number of nitrogens with zero attached hydrogens (tertiary/aromatic N) is 1. The molecule has 0 amide bonds. The van der Waals surface area contributed by atoms with E-state index in [1.165, 1.54) is 0 Å². The van der Waals surface area contributed by atoms with Gasteiger partial charge in [-0.3, -0.25) is 10.1 Å². The molecule has 2 rings (SSSR count). The van der Waals surface area contributed by atoms with Crippen molar-refractivity contribution in [3.63, 3.8) is 0 Å². The van der Waals surface area contributed by atoms with Crippen LogP contribution >= 0.6 is 11.3 Å². The number of nitrogens with one attached hydrogen (secondary N) is 2. The third kappa shape index (κ3) is 6.54. The Bertz CT molecular complexity index is 814. The van der Waals surface area contributed by atoms with Crippen LogP contribution in [0.1, 0.15) is 30.5 Å². The second kappa shape index (κ2) is 8.52. The Balaban J connectivity index is 1.84. The molecule has 0 saturated carbocycles. The Morgan fingerprint density at radius 3 is 2.28 bits per heavy atom.